The Morgan fingerprint density at radius 1 is 1.57 bits per heavy atom. The van der Waals surface area contributed by atoms with Crippen LogP contribution in [0.2, 0.25) is 0 Å². The van der Waals surface area contributed by atoms with E-state index in [0.717, 1.165) is 19.5 Å². The van der Waals surface area contributed by atoms with Gasteiger partial charge in [-0.25, -0.2) is 13.6 Å². The van der Waals surface area contributed by atoms with E-state index in [1.165, 1.54) is 6.42 Å². The Bertz CT molecular complexity index is 266. The third kappa shape index (κ3) is 4.90. The van der Waals surface area contributed by atoms with Crippen LogP contribution in [-0.2, 0) is 10.0 Å². The first-order valence-electron chi connectivity index (χ1n) is 4.90. The third-order valence-electron chi connectivity index (χ3n) is 2.44. The van der Waals surface area contributed by atoms with Crippen LogP contribution in [0, 0.1) is 0 Å². The van der Waals surface area contributed by atoms with E-state index in [-0.39, 0.29) is 5.75 Å². The van der Waals surface area contributed by atoms with Gasteiger partial charge in [0, 0.05) is 19.1 Å². The summed E-state index contributed by atoms with van der Waals surface area (Å²) >= 11 is 0. The molecule has 0 spiro atoms. The van der Waals surface area contributed by atoms with Crippen molar-refractivity contribution in [1.29, 1.82) is 0 Å². The van der Waals surface area contributed by atoms with Gasteiger partial charge in [-0.15, -0.1) is 0 Å². The summed E-state index contributed by atoms with van der Waals surface area (Å²) in [5.74, 6) is 0.0210. The number of likely N-dealkylation sites (N-methyl/N-ethyl adjacent to an activating group) is 1. The van der Waals surface area contributed by atoms with Gasteiger partial charge in [-0.05, 0) is 26.4 Å². The molecule has 3 N–H and O–H groups in total. The summed E-state index contributed by atoms with van der Waals surface area (Å²) in [5, 5.41) is 8.11. The average molecular weight is 221 g/mol. The number of hydrogen-bond donors (Lipinski definition) is 2. The Kier molecular flexibility index (Phi) is 4.31. The number of piperidine rings is 1. The van der Waals surface area contributed by atoms with Crippen molar-refractivity contribution in [3.8, 4) is 0 Å². The van der Waals surface area contributed by atoms with Gasteiger partial charge in [-0.3, -0.25) is 0 Å². The molecule has 1 rings (SSSR count). The molecule has 1 atom stereocenters. The molecule has 0 aliphatic carbocycles. The second-order valence-corrected chi connectivity index (χ2v) is 5.66. The summed E-state index contributed by atoms with van der Waals surface area (Å²) in [4.78, 5) is 2.25. The molecule has 0 amide bonds. The van der Waals surface area contributed by atoms with Crippen molar-refractivity contribution in [1.82, 2.24) is 10.2 Å². The van der Waals surface area contributed by atoms with E-state index in [1.807, 2.05) is 0 Å². The molecule has 6 heteroatoms. The highest BCUT2D eigenvalue weighted by Crippen LogP contribution is 2.07. The van der Waals surface area contributed by atoms with E-state index in [2.05, 4.69) is 17.3 Å². The van der Waals surface area contributed by atoms with Crippen LogP contribution in [0.3, 0.4) is 0 Å². The molecule has 1 saturated heterocycles. The van der Waals surface area contributed by atoms with Gasteiger partial charge in [0.1, 0.15) is 0 Å². The van der Waals surface area contributed by atoms with Gasteiger partial charge in [-0.1, -0.05) is 0 Å². The Labute approximate surface area is 85.7 Å². The number of hydrogen-bond acceptors (Lipinski definition) is 4. The summed E-state index contributed by atoms with van der Waals surface area (Å²) < 4.78 is 21.3. The van der Waals surface area contributed by atoms with Gasteiger partial charge in [0.25, 0.3) is 0 Å². The van der Waals surface area contributed by atoms with Crippen LogP contribution in [-0.4, -0.2) is 51.8 Å². The van der Waals surface area contributed by atoms with Gasteiger partial charge in [0.2, 0.25) is 10.0 Å². The van der Waals surface area contributed by atoms with Crippen LogP contribution >= 0.6 is 0 Å². The number of nitrogens with two attached hydrogens (primary N) is 1. The molecule has 0 saturated carbocycles. The molecule has 0 bridgehead atoms. The number of nitrogens with zero attached hydrogens (tertiary/aromatic N) is 1. The zero-order chi connectivity index (χ0) is 10.6. The fourth-order valence-electron chi connectivity index (χ4n) is 1.74. The molecule has 14 heavy (non-hydrogen) atoms. The first kappa shape index (κ1) is 11.9. The van der Waals surface area contributed by atoms with E-state index in [4.69, 9.17) is 5.14 Å². The minimum atomic E-state index is -3.31. The van der Waals surface area contributed by atoms with Crippen molar-refractivity contribution < 1.29 is 8.42 Å². The zero-order valence-electron chi connectivity index (χ0n) is 8.57. The van der Waals surface area contributed by atoms with Gasteiger partial charge in [-0.2, -0.15) is 0 Å². The van der Waals surface area contributed by atoms with Crippen molar-refractivity contribution >= 4 is 10.0 Å². The molecular weight excluding hydrogens is 202 g/mol. The molecule has 1 unspecified atom stereocenters. The highest BCUT2D eigenvalue weighted by atomic mass is 32.2. The molecule has 1 heterocycles. The first-order valence-corrected chi connectivity index (χ1v) is 6.61. The fraction of sp³-hybridized carbons (Fsp3) is 1.00. The maximum absolute atomic E-state index is 10.7. The quantitative estimate of drug-likeness (QED) is 0.636. The lowest BCUT2D eigenvalue weighted by molar-refractivity contribution is 0.229. The lowest BCUT2D eigenvalue weighted by Gasteiger charge is -2.30. The molecular formula is C8H19N3O2S. The normalized spacial score (nSPS) is 25.1. The van der Waals surface area contributed by atoms with Crippen molar-refractivity contribution in [2.24, 2.45) is 5.14 Å². The summed E-state index contributed by atoms with van der Waals surface area (Å²) in [6.07, 6.45) is 2.29. The van der Waals surface area contributed by atoms with Gasteiger partial charge >= 0.3 is 0 Å². The van der Waals surface area contributed by atoms with Crippen LogP contribution in [0.25, 0.3) is 0 Å². The average Bonchev–Trinajstić information content (AvgIpc) is 2.01. The number of rotatable bonds is 4. The Balaban J connectivity index is 2.18. The van der Waals surface area contributed by atoms with Crippen LogP contribution in [0.1, 0.15) is 12.8 Å². The van der Waals surface area contributed by atoms with Gasteiger partial charge in [0.15, 0.2) is 0 Å². The maximum atomic E-state index is 10.7. The largest absolute Gasteiger partial charge is 0.312 e. The molecule has 0 radical (unpaired) electrons. The third-order valence-corrected chi connectivity index (χ3v) is 3.22. The summed E-state index contributed by atoms with van der Waals surface area (Å²) in [5.41, 5.74) is 0. The van der Waals surface area contributed by atoms with Crippen LogP contribution in [0.4, 0.5) is 0 Å². The van der Waals surface area contributed by atoms with Crippen LogP contribution in [0.15, 0.2) is 0 Å². The molecule has 0 aromatic rings. The van der Waals surface area contributed by atoms with Crippen LogP contribution < -0.4 is 10.5 Å². The molecule has 0 aromatic carbocycles. The van der Waals surface area contributed by atoms with E-state index in [0.29, 0.717) is 12.6 Å². The summed E-state index contributed by atoms with van der Waals surface area (Å²) in [7, 11) is -1.24. The fourth-order valence-corrected chi connectivity index (χ4v) is 2.14. The molecule has 1 aliphatic rings. The molecule has 1 fully saturated rings. The van der Waals surface area contributed by atoms with Crippen molar-refractivity contribution in [3.63, 3.8) is 0 Å². The summed E-state index contributed by atoms with van der Waals surface area (Å²) in [6.45, 7) is 2.58. The minimum Gasteiger partial charge on any atom is -0.312 e. The van der Waals surface area contributed by atoms with Crippen molar-refractivity contribution in [2.75, 3.05) is 32.4 Å². The molecule has 5 nitrogen and oxygen atoms in total. The van der Waals surface area contributed by atoms with E-state index >= 15 is 0 Å². The molecule has 1 aliphatic heterocycles. The topological polar surface area (TPSA) is 75.4 Å². The van der Waals surface area contributed by atoms with E-state index in [1.54, 1.807) is 0 Å². The molecule has 0 aromatic heterocycles. The second kappa shape index (κ2) is 5.06. The molecule has 84 valence electrons. The smallest absolute Gasteiger partial charge is 0.210 e. The Morgan fingerprint density at radius 3 is 2.86 bits per heavy atom. The van der Waals surface area contributed by atoms with Crippen molar-refractivity contribution in [3.05, 3.63) is 0 Å². The van der Waals surface area contributed by atoms with Gasteiger partial charge < -0.3 is 10.2 Å². The predicted molar refractivity (Wildman–Crippen MR) is 56.5 cm³/mol. The number of primary sulfonamides is 1. The lowest BCUT2D eigenvalue weighted by Crippen LogP contribution is -2.45. The zero-order valence-corrected chi connectivity index (χ0v) is 9.39. The summed E-state index contributed by atoms with van der Waals surface area (Å²) in [6, 6.07) is 0.412. The van der Waals surface area contributed by atoms with Crippen LogP contribution in [0.5, 0.6) is 0 Å². The Morgan fingerprint density at radius 2 is 2.29 bits per heavy atom. The second-order valence-electron chi connectivity index (χ2n) is 3.92. The Hall–Kier alpha value is -0.170. The highest BCUT2D eigenvalue weighted by Gasteiger charge is 2.16. The standard InChI is InChI=1S/C8H19N3O2S/c1-11-5-2-3-8(7-11)10-4-6-14(9,12)13/h8,10H,2-7H2,1H3,(H2,9,12,13). The lowest BCUT2D eigenvalue weighted by atomic mass is 10.1. The van der Waals surface area contributed by atoms with E-state index in [9.17, 15) is 8.42 Å². The monoisotopic (exact) mass is 221 g/mol. The van der Waals surface area contributed by atoms with E-state index < -0.39 is 10.0 Å². The minimum absolute atomic E-state index is 0.0210. The predicted octanol–water partition coefficient (Wildman–Crippen LogP) is -1.04. The van der Waals surface area contributed by atoms with Gasteiger partial charge in [0.05, 0.1) is 5.75 Å². The SMILES string of the molecule is CN1CCCC(NCCS(N)(=O)=O)C1. The first-order chi connectivity index (χ1) is 6.47. The number of nitrogens with one attached hydrogen (secondary N) is 1. The van der Waals surface area contributed by atoms with Crippen molar-refractivity contribution in [2.45, 2.75) is 18.9 Å². The maximum Gasteiger partial charge on any atom is 0.210 e. The number of likely N-dealkylation sites (tertiary alicyclic amines) is 1. The number of sulfonamides is 1. The highest BCUT2D eigenvalue weighted by molar-refractivity contribution is 7.89.